The van der Waals surface area contributed by atoms with Gasteiger partial charge in [0, 0.05) is 12.6 Å². The average Bonchev–Trinajstić information content (AvgIpc) is 2.80. The number of hydrogen-bond donors (Lipinski definition) is 0. The Hall–Kier alpha value is -1.75. The molecule has 0 saturated carbocycles. The molecule has 1 heterocycles. The molecule has 0 saturated heterocycles. The Morgan fingerprint density at radius 3 is 2.26 bits per heavy atom. The molecule has 0 unspecified atom stereocenters. The third kappa shape index (κ3) is 3.44. The highest BCUT2D eigenvalue weighted by molar-refractivity contribution is 7.92. The molecule has 1 aromatic carbocycles. The van der Waals surface area contributed by atoms with Crippen LogP contribution in [0.2, 0.25) is 0 Å². The van der Waals surface area contributed by atoms with E-state index in [9.17, 15) is 8.42 Å². The summed E-state index contributed by atoms with van der Waals surface area (Å²) in [6.45, 7) is 7.91. The van der Waals surface area contributed by atoms with Gasteiger partial charge in [0.15, 0.2) is 0 Å². The number of sulfonamides is 1. The van der Waals surface area contributed by atoms with E-state index >= 15 is 0 Å². The van der Waals surface area contributed by atoms with Crippen LogP contribution in [-0.4, -0.2) is 15.5 Å². The molecule has 0 amide bonds. The molecule has 0 atom stereocenters. The van der Waals surface area contributed by atoms with Gasteiger partial charge in [0.05, 0.1) is 4.90 Å². The lowest BCUT2D eigenvalue weighted by atomic mass is 10.1. The van der Waals surface area contributed by atoms with Gasteiger partial charge in [-0.15, -0.1) is 0 Å². The second-order valence-electron chi connectivity index (χ2n) is 5.96. The number of furan rings is 1. The van der Waals surface area contributed by atoms with Crippen molar-refractivity contribution >= 4 is 15.9 Å². The van der Waals surface area contributed by atoms with Gasteiger partial charge in [-0.1, -0.05) is 31.0 Å². The number of benzene rings is 1. The molecule has 0 spiro atoms. The molecular formula is C18H25NO3S. The monoisotopic (exact) mass is 335 g/mol. The van der Waals surface area contributed by atoms with Crippen LogP contribution >= 0.6 is 0 Å². The lowest BCUT2D eigenvalue weighted by Crippen LogP contribution is -2.27. The highest BCUT2D eigenvalue weighted by atomic mass is 32.2. The zero-order valence-corrected chi connectivity index (χ0v) is 15.3. The van der Waals surface area contributed by atoms with Crippen LogP contribution in [0, 0.1) is 20.8 Å². The summed E-state index contributed by atoms with van der Waals surface area (Å²) in [6.07, 6.45) is 2.88. The van der Waals surface area contributed by atoms with E-state index in [2.05, 4.69) is 6.92 Å². The minimum Gasteiger partial charge on any atom is -0.444 e. The van der Waals surface area contributed by atoms with Gasteiger partial charge in [-0.25, -0.2) is 12.7 Å². The second kappa shape index (κ2) is 6.79. The van der Waals surface area contributed by atoms with Crippen LogP contribution in [0.4, 0.5) is 5.88 Å². The second-order valence-corrected chi connectivity index (χ2v) is 7.93. The Morgan fingerprint density at radius 2 is 1.70 bits per heavy atom. The Bertz CT molecular complexity index is 773. The summed E-state index contributed by atoms with van der Waals surface area (Å²) in [4.78, 5) is 0.277. The summed E-state index contributed by atoms with van der Waals surface area (Å²) >= 11 is 0. The number of rotatable bonds is 6. The SMILES string of the molecule is CCCCc1c(N(C)S(=O)(=O)c2ccc(C)cc2)oc(C)c1C. The van der Waals surface area contributed by atoms with E-state index in [1.165, 1.54) is 4.31 Å². The van der Waals surface area contributed by atoms with Crippen molar-refractivity contribution in [1.82, 2.24) is 0 Å². The fourth-order valence-electron chi connectivity index (χ4n) is 2.54. The molecule has 23 heavy (non-hydrogen) atoms. The van der Waals surface area contributed by atoms with Gasteiger partial charge >= 0.3 is 0 Å². The number of unbranched alkanes of at least 4 members (excludes halogenated alkanes) is 1. The zero-order chi connectivity index (χ0) is 17.2. The normalized spacial score (nSPS) is 11.7. The first-order valence-corrected chi connectivity index (χ1v) is 9.37. The van der Waals surface area contributed by atoms with Gasteiger partial charge in [-0.05, 0) is 51.3 Å². The Labute approximate surface area is 139 Å². The summed E-state index contributed by atoms with van der Waals surface area (Å²) in [7, 11) is -2.06. The largest absolute Gasteiger partial charge is 0.444 e. The number of nitrogens with zero attached hydrogens (tertiary/aromatic N) is 1. The summed E-state index contributed by atoms with van der Waals surface area (Å²) in [5, 5.41) is 0. The molecule has 5 heteroatoms. The van der Waals surface area contributed by atoms with E-state index in [1.54, 1.807) is 31.3 Å². The Balaban J connectivity index is 2.45. The molecule has 0 bridgehead atoms. The van der Waals surface area contributed by atoms with E-state index < -0.39 is 10.0 Å². The van der Waals surface area contributed by atoms with Crippen LogP contribution in [0.3, 0.4) is 0 Å². The average molecular weight is 335 g/mol. The van der Waals surface area contributed by atoms with Crippen molar-refractivity contribution in [2.24, 2.45) is 0 Å². The van der Waals surface area contributed by atoms with Crippen LogP contribution in [0.15, 0.2) is 33.6 Å². The third-order valence-corrected chi connectivity index (χ3v) is 5.99. The van der Waals surface area contributed by atoms with E-state index in [1.807, 2.05) is 20.8 Å². The summed E-state index contributed by atoms with van der Waals surface area (Å²) in [5.74, 6) is 1.21. The molecule has 2 aromatic rings. The number of anilines is 1. The van der Waals surface area contributed by atoms with Crippen LogP contribution in [0.25, 0.3) is 0 Å². The standard InChI is InChI=1S/C18H25NO3S/c1-6-7-8-17-14(3)15(4)22-18(17)19(5)23(20,21)16-11-9-13(2)10-12-16/h9-12H,6-8H2,1-5H3. The van der Waals surface area contributed by atoms with Gasteiger partial charge in [0.2, 0.25) is 5.88 Å². The van der Waals surface area contributed by atoms with Crippen molar-refractivity contribution in [3.63, 3.8) is 0 Å². The van der Waals surface area contributed by atoms with Crippen molar-refractivity contribution in [2.45, 2.75) is 51.9 Å². The maximum atomic E-state index is 12.9. The van der Waals surface area contributed by atoms with E-state index in [0.717, 1.165) is 41.7 Å². The molecule has 126 valence electrons. The molecule has 0 N–H and O–H groups in total. The van der Waals surface area contributed by atoms with Crippen molar-refractivity contribution in [1.29, 1.82) is 0 Å². The third-order valence-electron chi connectivity index (χ3n) is 4.23. The topological polar surface area (TPSA) is 50.5 Å². The first-order valence-electron chi connectivity index (χ1n) is 7.93. The Kier molecular flexibility index (Phi) is 5.19. The van der Waals surface area contributed by atoms with Gasteiger partial charge < -0.3 is 4.42 Å². The molecule has 4 nitrogen and oxygen atoms in total. The lowest BCUT2D eigenvalue weighted by molar-refractivity contribution is 0.529. The van der Waals surface area contributed by atoms with E-state index in [-0.39, 0.29) is 4.90 Å². The summed E-state index contributed by atoms with van der Waals surface area (Å²) in [6, 6.07) is 6.87. The Morgan fingerprint density at radius 1 is 1.09 bits per heavy atom. The zero-order valence-electron chi connectivity index (χ0n) is 14.5. The minimum atomic E-state index is -3.62. The fraction of sp³-hybridized carbons (Fsp3) is 0.444. The number of aryl methyl sites for hydroxylation is 2. The number of hydrogen-bond acceptors (Lipinski definition) is 3. The molecule has 1 aromatic heterocycles. The fourth-order valence-corrected chi connectivity index (χ4v) is 3.70. The van der Waals surface area contributed by atoms with E-state index in [0.29, 0.717) is 5.88 Å². The lowest BCUT2D eigenvalue weighted by Gasteiger charge is -2.18. The van der Waals surface area contributed by atoms with Crippen molar-refractivity contribution in [3.05, 3.63) is 46.7 Å². The molecule has 0 aliphatic rings. The van der Waals surface area contributed by atoms with Crippen LogP contribution in [-0.2, 0) is 16.4 Å². The maximum absolute atomic E-state index is 12.9. The molecule has 0 radical (unpaired) electrons. The summed E-state index contributed by atoms with van der Waals surface area (Å²) in [5.41, 5.74) is 3.06. The maximum Gasteiger partial charge on any atom is 0.266 e. The molecule has 0 aliphatic carbocycles. The van der Waals surface area contributed by atoms with Gasteiger partial charge in [0.25, 0.3) is 10.0 Å². The van der Waals surface area contributed by atoms with Crippen LogP contribution in [0.1, 0.15) is 42.2 Å². The predicted octanol–water partition coefficient (Wildman–Crippen LogP) is 4.37. The molecule has 0 fully saturated rings. The van der Waals surface area contributed by atoms with Crippen molar-refractivity contribution in [2.75, 3.05) is 11.4 Å². The van der Waals surface area contributed by atoms with E-state index in [4.69, 9.17) is 4.42 Å². The quantitative estimate of drug-likeness (QED) is 0.787. The first kappa shape index (κ1) is 17.6. The van der Waals surface area contributed by atoms with Gasteiger partial charge in [0.1, 0.15) is 5.76 Å². The molecule has 0 aliphatic heterocycles. The minimum absolute atomic E-state index is 0.277. The first-order chi connectivity index (χ1) is 10.8. The van der Waals surface area contributed by atoms with Crippen molar-refractivity contribution in [3.8, 4) is 0 Å². The van der Waals surface area contributed by atoms with Gasteiger partial charge in [-0.2, -0.15) is 0 Å². The van der Waals surface area contributed by atoms with Gasteiger partial charge in [-0.3, -0.25) is 0 Å². The van der Waals surface area contributed by atoms with Crippen LogP contribution in [0.5, 0.6) is 0 Å². The predicted molar refractivity (Wildman–Crippen MR) is 93.6 cm³/mol. The highest BCUT2D eigenvalue weighted by Gasteiger charge is 2.27. The molecule has 2 rings (SSSR count). The smallest absolute Gasteiger partial charge is 0.266 e. The molecular weight excluding hydrogens is 310 g/mol. The summed E-state index contributed by atoms with van der Waals surface area (Å²) < 4.78 is 32.8. The van der Waals surface area contributed by atoms with Crippen molar-refractivity contribution < 1.29 is 12.8 Å². The highest BCUT2D eigenvalue weighted by Crippen LogP contribution is 2.33. The van der Waals surface area contributed by atoms with Crippen LogP contribution < -0.4 is 4.31 Å².